The van der Waals surface area contributed by atoms with Gasteiger partial charge in [-0.1, -0.05) is 24.3 Å². The average molecular weight is 339 g/mol. The van der Waals surface area contributed by atoms with E-state index in [0.717, 1.165) is 16.9 Å². The van der Waals surface area contributed by atoms with Crippen LogP contribution in [0.25, 0.3) is 10.4 Å². The number of hydrogen-bond donors (Lipinski definition) is 2. The molecule has 0 unspecified atom stereocenters. The molecule has 23 heavy (non-hydrogen) atoms. The molecule has 0 atom stereocenters. The van der Waals surface area contributed by atoms with Gasteiger partial charge in [-0.05, 0) is 23.1 Å². The molecule has 1 aliphatic carbocycles. The Labute approximate surface area is 135 Å². The molecule has 0 spiro atoms. The summed E-state index contributed by atoms with van der Waals surface area (Å²) < 4.78 is 27.3. The Hall–Kier alpha value is -1.83. The van der Waals surface area contributed by atoms with Gasteiger partial charge in [0.1, 0.15) is 0 Å². The Balaban J connectivity index is 2.17. The Morgan fingerprint density at radius 2 is 2.13 bits per heavy atom. The third-order valence-electron chi connectivity index (χ3n) is 3.97. The van der Waals surface area contributed by atoms with Crippen LogP contribution >= 0.6 is 11.3 Å². The van der Waals surface area contributed by atoms with E-state index in [4.69, 9.17) is 5.90 Å². The SMILES string of the molecule is NOCc1ccccc1-c1sc2c(c1C(=O)O)CCC(F)(F)C2. The molecule has 0 bridgehead atoms. The standard InChI is InChI=1S/C16H15F2NO3S/c17-16(18)6-5-11-12(7-16)23-14(13(11)15(20)21)10-4-2-1-3-9(10)8-22-19/h1-4H,5-8,19H2,(H,20,21). The first-order chi connectivity index (χ1) is 10.9. The molecular weight excluding hydrogens is 324 g/mol. The molecule has 0 amide bonds. The minimum Gasteiger partial charge on any atom is -0.478 e. The Bertz CT molecular complexity index is 758. The van der Waals surface area contributed by atoms with E-state index in [-0.39, 0.29) is 25.0 Å². The minimum absolute atomic E-state index is 0.0794. The number of rotatable bonds is 4. The lowest BCUT2D eigenvalue weighted by atomic mass is 9.91. The second-order valence-electron chi connectivity index (χ2n) is 5.51. The number of halogens is 2. The van der Waals surface area contributed by atoms with E-state index >= 15 is 0 Å². The van der Waals surface area contributed by atoms with Crippen LogP contribution in [0.4, 0.5) is 8.78 Å². The van der Waals surface area contributed by atoms with E-state index in [9.17, 15) is 18.7 Å². The maximum absolute atomic E-state index is 13.7. The van der Waals surface area contributed by atoms with Crippen molar-refractivity contribution in [1.29, 1.82) is 0 Å². The van der Waals surface area contributed by atoms with Gasteiger partial charge in [0.2, 0.25) is 0 Å². The molecule has 7 heteroatoms. The van der Waals surface area contributed by atoms with Crippen molar-refractivity contribution in [3.05, 3.63) is 45.8 Å². The van der Waals surface area contributed by atoms with Crippen LogP contribution in [0.2, 0.25) is 0 Å². The van der Waals surface area contributed by atoms with E-state index < -0.39 is 18.3 Å². The zero-order valence-electron chi connectivity index (χ0n) is 12.1. The van der Waals surface area contributed by atoms with Crippen LogP contribution in [0.5, 0.6) is 0 Å². The second-order valence-corrected chi connectivity index (χ2v) is 6.62. The molecule has 1 aromatic carbocycles. The summed E-state index contributed by atoms with van der Waals surface area (Å²) in [6.07, 6.45) is -0.636. The number of fused-ring (bicyclic) bond motifs is 1. The maximum Gasteiger partial charge on any atom is 0.337 e. The molecule has 0 radical (unpaired) electrons. The topological polar surface area (TPSA) is 72.5 Å². The number of nitrogens with two attached hydrogens (primary N) is 1. The van der Waals surface area contributed by atoms with Gasteiger partial charge in [0, 0.05) is 22.6 Å². The van der Waals surface area contributed by atoms with Crippen molar-refractivity contribution in [2.45, 2.75) is 31.8 Å². The van der Waals surface area contributed by atoms with Crippen LogP contribution in [0.15, 0.2) is 24.3 Å². The van der Waals surface area contributed by atoms with Crippen molar-refractivity contribution in [1.82, 2.24) is 0 Å². The highest BCUT2D eigenvalue weighted by molar-refractivity contribution is 7.16. The van der Waals surface area contributed by atoms with Gasteiger partial charge in [-0.25, -0.2) is 19.5 Å². The summed E-state index contributed by atoms with van der Waals surface area (Å²) in [6, 6.07) is 7.10. The van der Waals surface area contributed by atoms with Gasteiger partial charge in [-0.3, -0.25) is 4.84 Å². The Morgan fingerprint density at radius 3 is 2.83 bits per heavy atom. The van der Waals surface area contributed by atoms with Crippen LogP contribution in [0, 0.1) is 0 Å². The fourth-order valence-electron chi connectivity index (χ4n) is 2.92. The smallest absolute Gasteiger partial charge is 0.337 e. The van der Waals surface area contributed by atoms with E-state index in [0.29, 0.717) is 20.9 Å². The third kappa shape index (κ3) is 2.99. The van der Waals surface area contributed by atoms with Crippen molar-refractivity contribution in [2.75, 3.05) is 0 Å². The summed E-state index contributed by atoms with van der Waals surface area (Å²) in [6.45, 7) is 0.119. The predicted octanol–water partition coefficient (Wildman–Crippen LogP) is 3.63. The lowest BCUT2D eigenvalue weighted by molar-refractivity contribution is -0.0113. The summed E-state index contributed by atoms with van der Waals surface area (Å²) >= 11 is 1.13. The van der Waals surface area contributed by atoms with Gasteiger partial charge in [0.25, 0.3) is 5.92 Å². The summed E-state index contributed by atoms with van der Waals surface area (Å²) in [4.78, 5) is 17.3. The molecule has 4 nitrogen and oxygen atoms in total. The third-order valence-corrected chi connectivity index (χ3v) is 5.23. The van der Waals surface area contributed by atoms with Gasteiger partial charge in [-0.15, -0.1) is 11.3 Å². The van der Waals surface area contributed by atoms with Crippen LogP contribution in [-0.2, 0) is 24.3 Å². The fraction of sp³-hybridized carbons (Fsp3) is 0.312. The molecule has 0 fully saturated rings. The highest BCUT2D eigenvalue weighted by Crippen LogP contribution is 2.44. The zero-order valence-corrected chi connectivity index (χ0v) is 13.0. The molecule has 0 aliphatic heterocycles. The first kappa shape index (κ1) is 16.0. The largest absolute Gasteiger partial charge is 0.478 e. The zero-order chi connectivity index (χ0) is 16.6. The number of thiophene rings is 1. The number of hydrogen-bond acceptors (Lipinski definition) is 4. The van der Waals surface area contributed by atoms with Gasteiger partial charge < -0.3 is 5.11 Å². The van der Waals surface area contributed by atoms with Crippen LogP contribution in [0.3, 0.4) is 0 Å². The van der Waals surface area contributed by atoms with Crippen LogP contribution < -0.4 is 5.90 Å². The number of alkyl halides is 2. The van der Waals surface area contributed by atoms with Crippen LogP contribution in [-0.4, -0.2) is 17.0 Å². The molecule has 1 aromatic heterocycles. The second kappa shape index (κ2) is 5.99. The summed E-state index contributed by atoms with van der Waals surface area (Å²) in [5.41, 5.74) is 2.05. The predicted molar refractivity (Wildman–Crippen MR) is 82.7 cm³/mol. The molecule has 0 saturated carbocycles. The van der Waals surface area contributed by atoms with E-state index in [1.54, 1.807) is 24.3 Å². The normalized spacial score (nSPS) is 16.1. The highest BCUT2D eigenvalue weighted by Gasteiger charge is 2.38. The maximum atomic E-state index is 13.7. The number of carbonyl (C=O) groups is 1. The van der Waals surface area contributed by atoms with Crippen molar-refractivity contribution in [3.8, 4) is 10.4 Å². The lowest BCUT2D eigenvalue weighted by Gasteiger charge is -2.21. The molecule has 0 saturated heterocycles. The quantitative estimate of drug-likeness (QED) is 0.835. The number of benzene rings is 1. The highest BCUT2D eigenvalue weighted by atomic mass is 32.1. The van der Waals surface area contributed by atoms with Gasteiger partial charge >= 0.3 is 5.97 Å². The van der Waals surface area contributed by atoms with Crippen molar-refractivity contribution < 1.29 is 23.5 Å². The van der Waals surface area contributed by atoms with Crippen molar-refractivity contribution in [3.63, 3.8) is 0 Å². The molecular formula is C16H15F2NO3S. The average Bonchev–Trinajstić information content (AvgIpc) is 2.85. The summed E-state index contributed by atoms with van der Waals surface area (Å²) in [5, 5.41) is 9.59. The Kier molecular flexibility index (Phi) is 4.18. The number of carboxylic acid groups (broad SMARTS) is 1. The summed E-state index contributed by atoms with van der Waals surface area (Å²) in [5.74, 6) is 1.26. The lowest BCUT2D eigenvalue weighted by Crippen LogP contribution is -2.25. The summed E-state index contributed by atoms with van der Waals surface area (Å²) in [7, 11) is 0. The van der Waals surface area contributed by atoms with E-state index in [1.807, 2.05) is 0 Å². The van der Waals surface area contributed by atoms with Gasteiger partial charge in [0.05, 0.1) is 12.2 Å². The molecule has 122 valence electrons. The van der Waals surface area contributed by atoms with Crippen molar-refractivity contribution >= 4 is 17.3 Å². The number of carboxylic acids is 1. The molecule has 3 N–H and O–H groups in total. The van der Waals surface area contributed by atoms with E-state index in [2.05, 4.69) is 4.84 Å². The first-order valence-corrected chi connectivity index (χ1v) is 7.90. The number of aromatic carboxylic acids is 1. The molecule has 1 heterocycles. The molecule has 1 aliphatic rings. The monoisotopic (exact) mass is 339 g/mol. The van der Waals surface area contributed by atoms with Gasteiger partial charge in [0.15, 0.2) is 0 Å². The van der Waals surface area contributed by atoms with Crippen LogP contribution in [0.1, 0.15) is 32.8 Å². The van der Waals surface area contributed by atoms with Gasteiger partial charge in [-0.2, -0.15) is 0 Å². The molecule has 3 rings (SSSR count). The molecule has 2 aromatic rings. The first-order valence-electron chi connectivity index (χ1n) is 7.08. The van der Waals surface area contributed by atoms with Crippen molar-refractivity contribution in [2.24, 2.45) is 5.90 Å². The fourth-order valence-corrected chi connectivity index (χ4v) is 4.40. The van der Waals surface area contributed by atoms with E-state index in [1.165, 1.54) is 0 Å². The Morgan fingerprint density at radius 1 is 1.39 bits per heavy atom. The minimum atomic E-state index is -2.77.